The van der Waals surface area contributed by atoms with Gasteiger partial charge < -0.3 is 9.71 Å². The molecular formula is C17H25BN3S+. The van der Waals surface area contributed by atoms with Gasteiger partial charge in [0.2, 0.25) is 7.98 Å². The molecule has 116 valence electrons. The molecule has 0 aromatic heterocycles. The first kappa shape index (κ1) is 18.4. The number of rotatable bonds is 3. The average Bonchev–Trinajstić information content (AvgIpc) is 2.51. The quantitative estimate of drug-likeness (QED) is 0.631. The highest BCUT2D eigenvalue weighted by Gasteiger charge is 2.08. The molecule has 1 aliphatic rings. The van der Waals surface area contributed by atoms with E-state index < -0.39 is 0 Å². The van der Waals surface area contributed by atoms with Crippen LogP contribution in [0.3, 0.4) is 0 Å². The van der Waals surface area contributed by atoms with Crippen LogP contribution < -0.4 is 4.81 Å². The van der Waals surface area contributed by atoms with E-state index in [1.807, 2.05) is 53.2 Å². The maximum atomic E-state index is 5.71. The number of anilines is 1. The van der Waals surface area contributed by atoms with E-state index >= 15 is 0 Å². The van der Waals surface area contributed by atoms with Crippen molar-refractivity contribution in [2.75, 3.05) is 26.0 Å². The molecule has 0 saturated heterocycles. The van der Waals surface area contributed by atoms with Gasteiger partial charge >= 0.3 is 0 Å². The molecule has 0 saturated carbocycles. The van der Waals surface area contributed by atoms with Crippen LogP contribution in [-0.2, 0) is 12.6 Å². The van der Waals surface area contributed by atoms with Crippen molar-refractivity contribution in [1.29, 1.82) is 0 Å². The van der Waals surface area contributed by atoms with Crippen molar-refractivity contribution in [3.8, 4) is 0 Å². The van der Waals surface area contributed by atoms with Crippen LogP contribution in [0, 0.1) is 0 Å². The molecule has 0 fully saturated rings. The van der Waals surface area contributed by atoms with Gasteiger partial charge in [-0.3, -0.25) is 0 Å². The first-order chi connectivity index (χ1) is 10.5. The maximum Gasteiger partial charge on any atom is 0.226 e. The predicted molar refractivity (Wildman–Crippen MR) is 103 cm³/mol. The first-order valence-electron chi connectivity index (χ1n) is 7.44. The van der Waals surface area contributed by atoms with Crippen molar-refractivity contribution in [3.05, 3.63) is 42.1 Å². The second-order valence-electron chi connectivity index (χ2n) is 4.98. The second kappa shape index (κ2) is 8.74. The number of benzene rings is 1. The molecule has 0 atom stereocenters. The van der Waals surface area contributed by atoms with Crippen LogP contribution in [0.15, 0.2) is 52.0 Å². The van der Waals surface area contributed by atoms with Gasteiger partial charge in [-0.05, 0) is 44.0 Å². The van der Waals surface area contributed by atoms with Crippen LogP contribution in [0.2, 0.25) is 0 Å². The normalized spacial score (nSPS) is 15.0. The molecule has 2 rings (SSSR count). The highest BCUT2D eigenvalue weighted by atomic mass is 32.1. The number of nitrogens with zero attached hydrogens (tertiary/aromatic N) is 3. The van der Waals surface area contributed by atoms with Crippen molar-refractivity contribution >= 4 is 37.7 Å². The molecule has 1 aromatic rings. The summed E-state index contributed by atoms with van der Waals surface area (Å²) >= 11 is 3.60. The molecule has 3 nitrogen and oxygen atoms in total. The summed E-state index contributed by atoms with van der Waals surface area (Å²) in [6.07, 6.45) is 7.16. The summed E-state index contributed by atoms with van der Waals surface area (Å²) in [7, 11) is 11.6. The van der Waals surface area contributed by atoms with E-state index in [4.69, 9.17) is 7.98 Å². The monoisotopic (exact) mass is 314 g/mol. The smallest absolute Gasteiger partial charge is 0.226 e. The third kappa shape index (κ3) is 4.99. The Morgan fingerprint density at radius 1 is 1.14 bits per heavy atom. The van der Waals surface area contributed by atoms with Crippen LogP contribution in [-0.4, -0.2) is 39.7 Å². The minimum atomic E-state index is 0.841. The summed E-state index contributed by atoms with van der Waals surface area (Å²) in [6.45, 7) is 4.00. The Bertz CT molecular complexity index is 590. The highest BCUT2D eigenvalue weighted by Crippen LogP contribution is 2.25. The zero-order valence-corrected chi connectivity index (χ0v) is 15.1. The number of likely N-dealkylation sites (N-methyl/N-ethyl adjacent to an activating group) is 1. The standard InChI is InChI=1S/C15H18BN3S.C2H6/c1-18(2)12-6-4-11(5-7-12)17-14-9-8-13(19(3)16)10-15(14)20;1-2/h4,6-10,20H,5H2,1-3H3;1-2H3/p+1. The third-order valence-electron chi connectivity index (χ3n) is 3.13. The second-order valence-corrected chi connectivity index (χ2v) is 5.52. The minimum Gasteiger partial charge on any atom is -0.427 e. The van der Waals surface area contributed by atoms with Gasteiger partial charge in [0.15, 0.2) is 4.90 Å². The first-order valence-corrected chi connectivity index (χ1v) is 7.94. The Labute approximate surface area is 141 Å². The minimum absolute atomic E-state index is 0.841. The Hall–Kier alpha value is -1.62. The molecule has 0 aliphatic heterocycles. The predicted octanol–water partition coefficient (Wildman–Crippen LogP) is 3.08. The molecule has 2 radical (unpaired) electrons. The topological polar surface area (TPSA) is 18.8 Å². The number of hydrogen-bond acceptors (Lipinski definition) is 3. The lowest BCUT2D eigenvalue weighted by Crippen LogP contribution is -2.12. The van der Waals surface area contributed by atoms with Gasteiger partial charge in [-0.1, -0.05) is 19.9 Å². The van der Waals surface area contributed by atoms with Gasteiger partial charge in [0.1, 0.15) is 5.69 Å². The van der Waals surface area contributed by atoms with Gasteiger partial charge in [-0.15, -0.1) is 0 Å². The van der Waals surface area contributed by atoms with Crippen molar-refractivity contribution in [3.63, 3.8) is 0 Å². The lowest BCUT2D eigenvalue weighted by Gasteiger charge is -2.17. The van der Waals surface area contributed by atoms with Gasteiger partial charge in [-0.25, -0.2) is 4.99 Å². The number of hydrogen-bond donors (Lipinski definition) is 0. The Balaban J connectivity index is 0.00000116. The summed E-state index contributed by atoms with van der Waals surface area (Å²) in [5.41, 5.74) is 4.10. The van der Waals surface area contributed by atoms with Crippen LogP contribution in [0.5, 0.6) is 0 Å². The van der Waals surface area contributed by atoms with E-state index in [1.165, 1.54) is 5.70 Å². The van der Waals surface area contributed by atoms with Gasteiger partial charge in [-0.2, -0.15) is 0 Å². The van der Waals surface area contributed by atoms with E-state index in [0.717, 1.165) is 28.4 Å². The molecule has 0 heterocycles. The fraction of sp³-hybridized carbons (Fsp3) is 0.353. The molecule has 0 bridgehead atoms. The molecule has 5 heteroatoms. The molecule has 1 aromatic carbocycles. The molecule has 0 unspecified atom stereocenters. The molecule has 0 amide bonds. The fourth-order valence-electron chi connectivity index (χ4n) is 1.94. The highest BCUT2D eigenvalue weighted by molar-refractivity contribution is 7.59. The average molecular weight is 314 g/mol. The van der Waals surface area contributed by atoms with Crippen LogP contribution in [0.4, 0.5) is 11.4 Å². The summed E-state index contributed by atoms with van der Waals surface area (Å²) in [4.78, 5) is 9.27. The van der Waals surface area contributed by atoms with Crippen molar-refractivity contribution < 1.29 is 0 Å². The Kier molecular flexibility index (Phi) is 7.32. The van der Waals surface area contributed by atoms with E-state index in [0.29, 0.717) is 0 Å². The zero-order valence-electron chi connectivity index (χ0n) is 14.1. The summed E-state index contributed by atoms with van der Waals surface area (Å²) in [6, 6.07) is 5.88. The summed E-state index contributed by atoms with van der Waals surface area (Å²) < 4.78 is 0. The van der Waals surface area contributed by atoms with Gasteiger partial charge in [0.05, 0.1) is 0 Å². The SMILES string of the molecule is CC.[B]N(C)c1ccc(N=C2C=CC(N(C)C)=CC2)c([SH2+])c1. The van der Waals surface area contributed by atoms with Crippen molar-refractivity contribution in [2.24, 2.45) is 4.99 Å². The lowest BCUT2D eigenvalue weighted by atomic mass is 10.1. The molecule has 1 aliphatic carbocycles. The molecule has 22 heavy (non-hydrogen) atoms. The van der Waals surface area contributed by atoms with Crippen LogP contribution in [0.25, 0.3) is 0 Å². The fourth-order valence-corrected chi connectivity index (χ4v) is 2.22. The van der Waals surface area contributed by atoms with Crippen molar-refractivity contribution in [2.45, 2.75) is 25.2 Å². The molecular weight excluding hydrogens is 289 g/mol. The van der Waals surface area contributed by atoms with E-state index in [9.17, 15) is 0 Å². The van der Waals surface area contributed by atoms with E-state index in [-0.39, 0.29) is 0 Å². The van der Waals surface area contributed by atoms with E-state index in [2.05, 4.69) is 40.7 Å². The van der Waals surface area contributed by atoms with Gasteiger partial charge in [0.25, 0.3) is 0 Å². The Morgan fingerprint density at radius 2 is 1.82 bits per heavy atom. The van der Waals surface area contributed by atoms with Gasteiger partial charge in [0, 0.05) is 43.7 Å². The number of aliphatic imine (C=N–C) groups is 1. The van der Waals surface area contributed by atoms with Crippen LogP contribution in [0.1, 0.15) is 20.3 Å². The molecule has 0 N–H and O–H groups in total. The Morgan fingerprint density at radius 3 is 2.27 bits per heavy atom. The lowest BCUT2D eigenvalue weighted by molar-refractivity contribution is 0.527. The maximum absolute atomic E-state index is 5.71. The zero-order chi connectivity index (χ0) is 16.7. The molecule has 0 spiro atoms. The number of allylic oxidation sites excluding steroid dienone is 3. The largest absolute Gasteiger partial charge is 0.427 e. The third-order valence-corrected chi connectivity index (χ3v) is 3.54. The van der Waals surface area contributed by atoms with Crippen LogP contribution >= 0.6 is 0 Å². The van der Waals surface area contributed by atoms with Crippen molar-refractivity contribution in [1.82, 2.24) is 4.90 Å². The summed E-state index contributed by atoms with van der Waals surface area (Å²) in [5.74, 6) is 0. The summed E-state index contributed by atoms with van der Waals surface area (Å²) in [5, 5.41) is 0. The van der Waals surface area contributed by atoms with E-state index in [1.54, 1.807) is 4.81 Å².